The summed E-state index contributed by atoms with van der Waals surface area (Å²) in [6.07, 6.45) is 2.46. The first kappa shape index (κ1) is 10.9. The van der Waals surface area contributed by atoms with Gasteiger partial charge in [0.25, 0.3) is 0 Å². The summed E-state index contributed by atoms with van der Waals surface area (Å²) >= 11 is 0. The predicted molar refractivity (Wildman–Crippen MR) is 49.7 cm³/mol. The molecule has 0 amide bonds. The van der Waals surface area contributed by atoms with Gasteiger partial charge in [-0.2, -0.15) is 8.42 Å². The van der Waals surface area contributed by atoms with Crippen molar-refractivity contribution in [1.29, 1.82) is 0 Å². The molecule has 1 rings (SSSR count). The highest BCUT2D eigenvalue weighted by atomic mass is 32.3. The minimum absolute atomic E-state index is 0.388. The highest BCUT2D eigenvalue weighted by Crippen LogP contribution is 2.35. The largest absolute Gasteiger partial charge is 0.313 e. The Kier molecular flexibility index (Phi) is 2.97. The van der Waals surface area contributed by atoms with Crippen LogP contribution in [0.25, 0.3) is 0 Å². The van der Waals surface area contributed by atoms with E-state index in [1.54, 1.807) is 7.05 Å². The Hall–Kier alpha value is -0.160. The molecule has 0 heterocycles. The van der Waals surface area contributed by atoms with Gasteiger partial charge in [-0.1, -0.05) is 6.92 Å². The lowest BCUT2D eigenvalue weighted by atomic mass is 9.99. The van der Waals surface area contributed by atoms with Gasteiger partial charge in [0.05, 0.1) is 5.75 Å². The number of nitrogens with one attached hydrogen (secondary N) is 1. The number of rotatable bonds is 3. The van der Waals surface area contributed by atoms with Gasteiger partial charge in [-0.25, -0.2) is 0 Å². The monoisotopic (exact) mass is 209 g/mol. The fourth-order valence-corrected chi connectivity index (χ4v) is 3.22. The molecular formula is C8H16FNO2S. The zero-order chi connectivity index (χ0) is 10.1. The van der Waals surface area contributed by atoms with Crippen molar-refractivity contribution in [2.45, 2.75) is 31.7 Å². The van der Waals surface area contributed by atoms with Gasteiger partial charge in [0.2, 0.25) is 0 Å². The summed E-state index contributed by atoms with van der Waals surface area (Å²) in [5.74, 6) is 0.0927. The summed E-state index contributed by atoms with van der Waals surface area (Å²) < 4.78 is 33.6. The normalized spacial score (nSPS) is 35.2. The topological polar surface area (TPSA) is 46.2 Å². The molecule has 0 saturated heterocycles. The molecule has 5 heteroatoms. The first-order valence-electron chi connectivity index (χ1n) is 4.48. The van der Waals surface area contributed by atoms with Crippen LogP contribution in [-0.2, 0) is 10.2 Å². The van der Waals surface area contributed by atoms with E-state index in [4.69, 9.17) is 0 Å². The summed E-state index contributed by atoms with van der Waals surface area (Å²) in [7, 11) is -2.67. The van der Waals surface area contributed by atoms with Crippen molar-refractivity contribution in [3.05, 3.63) is 0 Å². The molecule has 0 radical (unpaired) electrons. The Morgan fingerprint density at radius 2 is 2.23 bits per heavy atom. The zero-order valence-electron chi connectivity index (χ0n) is 8.01. The van der Waals surface area contributed by atoms with E-state index in [0.717, 1.165) is 19.3 Å². The van der Waals surface area contributed by atoms with Gasteiger partial charge >= 0.3 is 10.2 Å². The van der Waals surface area contributed by atoms with E-state index in [1.807, 2.05) is 0 Å². The SMILES string of the molecule is CNC1(CS(=O)(=O)F)CCC(C)C1. The van der Waals surface area contributed by atoms with Crippen molar-refractivity contribution in [2.24, 2.45) is 5.92 Å². The molecule has 2 unspecified atom stereocenters. The fourth-order valence-electron chi connectivity index (χ4n) is 2.15. The fraction of sp³-hybridized carbons (Fsp3) is 1.00. The van der Waals surface area contributed by atoms with Crippen LogP contribution in [0.15, 0.2) is 0 Å². The lowest BCUT2D eigenvalue weighted by Gasteiger charge is -2.26. The average molecular weight is 209 g/mol. The second-order valence-electron chi connectivity index (χ2n) is 4.06. The van der Waals surface area contributed by atoms with E-state index in [9.17, 15) is 12.3 Å². The Morgan fingerprint density at radius 1 is 1.62 bits per heavy atom. The molecule has 0 bridgehead atoms. The minimum Gasteiger partial charge on any atom is -0.313 e. The van der Waals surface area contributed by atoms with Crippen molar-refractivity contribution in [1.82, 2.24) is 5.32 Å². The zero-order valence-corrected chi connectivity index (χ0v) is 8.82. The second kappa shape index (κ2) is 3.53. The van der Waals surface area contributed by atoms with E-state index >= 15 is 0 Å². The van der Waals surface area contributed by atoms with Crippen molar-refractivity contribution < 1.29 is 12.3 Å². The van der Waals surface area contributed by atoms with E-state index in [1.165, 1.54) is 0 Å². The van der Waals surface area contributed by atoms with Crippen LogP contribution in [0.1, 0.15) is 26.2 Å². The predicted octanol–water partition coefficient (Wildman–Crippen LogP) is 1.06. The molecule has 0 aromatic rings. The number of hydrogen-bond donors (Lipinski definition) is 1. The molecule has 1 aliphatic rings. The van der Waals surface area contributed by atoms with Gasteiger partial charge < -0.3 is 5.32 Å². The minimum atomic E-state index is -4.36. The van der Waals surface area contributed by atoms with Crippen molar-refractivity contribution in [3.8, 4) is 0 Å². The van der Waals surface area contributed by atoms with E-state index in [-0.39, 0.29) is 5.75 Å². The molecule has 0 aliphatic heterocycles. The first-order valence-corrected chi connectivity index (χ1v) is 6.03. The third-order valence-electron chi connectivity index (χ3n) is 2.83. The third-order valence-corrected chi connectivity index (χ3v) is 3.73. The Labute approximate surface area is 78.9 Å². The molecule has 1 N–H and O–H groups in total. The molecule has 0 spiro atoms. The van der Waals surface area contributed by atoms with Crippen LogP contribution < -0.4 is 5.32 Å². The second-order valence-corrected chi connectivity index (χ2v) is 5.43. The molecule has 2 atom stereocenters. The van der Waals surface area contributed by atoms with Gasteiger partial charge in [-0.15, -0.1) is 3.89 Å². The Bertz CT molecular complexity index is 278. The lowest BCUT2D eigenvalue weighted by molar-refractivity contribution is 0.378. The summed E-state index contributed by atoms with van der Waals surface area (Å²) in [5, 5.41) is 2.95. The van der Waals surface area contributed by atoms with E-state index in [2.05, 4.69) is 12.2 Å². The summed E-state index contributed by atoms with van der Waals surface area (Å²) in [4.78, 5) is 0. The van der Waals surface area contributed by atoms with Gasteiger partial charge in [0.1, 0.15) is 0 Å². The van der Waals surface area contributed by atoms with Crippen molar-refractivity contribution >= 4 is 10.2 Å². The average Bonchev–Trinajstić information content (AvgIpc) is 2.29. The van der Waals surface area contributed by atoms with Crippen LogP contribution in [0.2, 0.25) is 0 Å². The molecule has 1 aliphatic carbocycles. The van der Waals surface area contributed by atoms with Crippen molar-refractivity contribution in [2.75, 3.05) is 12.8 Å². The highest BCUT2D eigenvalue weighted by Gasteiger charge is 2.39. The lowest BCUT2D eigenvalue weighted by Crippen LogP contribution is -2.45. The van der Waals surface area contributed by atoms with Crippen LogP contribution in [0.5, 0.6) is 0 Å². The molecule has 78 valence electrons. The molecule has 1 saturated carbocycles. The number of hydrogen-bond acceptors (Lipinski definition) is 3. The van der Waals surface area contributed by atoms with Crippen LogP contribution in [-0.4, -0.2) is 26.8 Å². The maximum absolute atomic E-state index is 12.5. The van der Waals surface area contributed by atoms with Crippen LogP contribution in [0, 0.1) is 5.92 Å². The highest BCUT2D eigenvalue weighted by molar-refractivity contribution is 7.86. The summed E-state index contributed by atoms with van der Waals surface area (Å²) in [6.45, 7) is 2.06. The number of halogens is 1. The first-order chi connectivity index (χ1) is 5.87. The Morgan fingerprint density at radius 3 is 2.54 bits per heavy atom. The Balaban J connectivity index is 2.72. The standard InChI is InChI=1S/C8H16FNO2S/c1-7-3-4-8(5-7,10-2)6-13(9,11)12/h7,10H,3-6H2,1-2H3. The van der Waals surface area contributed by atoms with Crippen LogP contribution >= 0.6 is 0 Å². The molecule has 13 heavy (non-hydrogen) atoms. The maximum atomic E-state index is 12.5. The van der Waals surface area contributed by atoms with Crippen LogP contribution in [0.4, 0.5) is 3.89 Å². The smallest absolute Gasteiger partial charge is 0.304 e. The van der Waals surface area contributed by atoms with E-state index in [0.29, 0.717) is 5.92 Å². The third kappa shape index (κ3) is 2.91. The van der Waals surface area contributed by atoms with Gasteiger partial charge in [-0.05, 0) is 32.2 Å². The van der Waals surface area contributed by atoms with E-state index < -0.39 is 15.8 Å². The van der Waals surface area contributed by atoms with Crippen molar-refractivity contribution in [3.63, 3.8) is 0 Å². The van der Waals surface area contributed by atoms with Crippen LogP contribution in [0.3, 0.4) is 0 Å². The molecular weight excluding hydrogens is 193 g/mol. The summed E-state index contributed by atoms with van der Waals surface area (Å²) in [5.41, 5.74) is -0.521. The molecule has 1 fully saturated rings. The van der Waals surface area contributed by atoms with Gasteiger partial charge in [0.15, 0.2) is 0 Å². The summed E-state index contributed by atoms with van der Waals surface area (Å²) in [6, 6.07) is 0. The maximum Gasteiger partial charge on any atom is 0.304 e. The molecule has 3 nitrogen and oxygen atoms in total. The van der Waals surface area contributed by atoms with Gasteiger partial charge in [-0.3, -0.25) is 0 Å². The molecule has 0 aromatic carbocycles. The molecule has 0 aromatic heterocycles. The quantitative estimate of drug-likeness (QED) is 0.707. The van der Waals surface area contributed by atoms with Gasteiger partial charge in [0, 0.05) is 5.54 Å².